The zero-order chi connectivity index (χ0) is 20.0. The summed E-state index contributed by atoms with van der Waals surface area (Å²) in [7, 11) is 8.06. The molecule has 0 spiro atoms. The van der Waals surface area contributed by atoms with Crippen LogP contribution in [0.1, 0.15) is 17.2 Å². The molecule has 1 atom stereocenters. The molecule has 2 amide bonds. The standard InChI is InChI=1S/C21H28N4O2/c1-15-7-6-8-17(13-15)23-21(27)20(26)22-14-19(25(4)5)16-9-11-18(12-10-16)24(2)3/h6-13,19H,14H2,1-5H3,(H,22,26)(H,23,27)/p+1/t19-/m1/s1. The minimum Gasteiger partial charge on any atom is -0.378 e. The highest BCUT2D eigenvalue weighted by molar-refractivity contribution is 6.39. The number of rotatable bonds is 6. The Hall–Kier alpha value is -2.86. The molecule has 0 aromatic heterocycles. The maximum Gasteiger partial charge on any atom is 0.313 e. The summed E-state index contributed by atoms with van der Waals surface area (Å²) in [5, 5.41) is 5.38. The van der Waals surface area contributed by atoms with Crippen molar-refractivity contribution in [2.45, 2.75) is 13.0 Å². The third-order valence-corrected chi connectivity index (χ3v) is 4.46. The van der Waals surface area contributed by atoms with E-state index in [0.29, 0.717) is 12.2 Å². The van der Waals surface area contributed by atoms with Gasteiger partial charge in [-0.2, -0.15) is 0 Å². The molecule has 0 bridgehead atoms. The van der Waals surface area contributed by atoms with Gasteiger partial charge in [0, 0.05) is 31.0 Å². The fourth-order valence-electron chi connectivity index (χ4n) is 2.85. The molecule has 144 valence electrons. The van der Waals surface area contributed by atoms with E-state index >= 15 is 0 Å². The minimum absolute atomic E-state index is 0.0527. The van der Waals surface area contributed by atoms with Gasteiger partial charge in [-0.25, -0.2) is 0 Å². The Balaban J connectivity index is 1.98. The van der Waals surface area contributed by atoms with Crippen LogP contribution in [0.25, 0.3) is 0 Å². The number of anilines is 2. The number of carbonyl (C=O) groups is 2. The second kappa shape index (κ2) is 9.19. The van der Waals surface area contributed by atoms with E-state index in [0.717, 1.165) is 16.8 Å². The van der Waals surface area contributed by atoms with Gasteiger partial charge < -0.3 is 20.4 Å². The monoisotopic (exact) mass is 369 g/mol. The van der Waals surface area contributed by atoms with Gasteiger partial charge in [0.2, 0.25) is 0 Å². The summed E-state index contributed by atoms with van der Waals surface area (Å²) in [5.41, 5.74) is 3.86. The molecule has 27 heavy (non-hydrogen) atoms. The molecule has 0 radical (unpaired) electrons. The first-order chi connectivity index (χ1) is 12.8. The molecule has 0 aliphatic carbocycles. The van der Waals surface area contributed by atoms with Crippen LogP contribution in [0.5, 0.6) is 0 Å². The van der Waals surface area contributed by atoms with Crippen molar-refractivity contribution in [1.82, 2.24) is 5.32 Å². The van der Waals surface area contributed by atoms with E-state index in [-0.39, 0.29) is 6.04 Å². The van der Waals surface area contributed by atoms with Crippen LogP contribution in [0.15, 0.2) is 48.5 Å². The van der Waals surface area contributed by atoms with Crippen molar-refractivity contribution in [2.75, 3.05) is 45.0 Å². The lowest BCUT2D eigenvalue weighted by atomic mass is 10.1. The van der Waals surface area contributed by atoms with Gasteiger partial charge in [-0.1, -0.05) is 24.3 Å². The predicted molar refractivity (Wildman–Crippen MR) is 109 cm³/mol. The lowest BCUT2D eigenvalue weighted by molar-refractivity contribution is -0.890. The molecule has 3 N–H and O–H groups in total. The molecule has 0 aliphatic rings. The van der Waals surface area contributed by atoms with Crippen LogP contribution >= 0.6 is 0 Å². The van der Waals surface area contributed by atoms with Gasteiger partial charge in [-0.05, 0) is 36.8 Å². The van der Waals surface area contributed by atoms with Crippen LogP contribution < -0.4 is 20.4 Å². The number of quaternary nitrogens is 1. The number of aryl methyl sites for hydroxylation is 1. The molecule has 0 aliphatic heterocycles. The number of nitrogens with zero attached hydrogens (tertiary/aromatic N) is 1. The number of amides is 2. The van der Waals surface area contributed by atoms with Crippen molar-refractivity contribution in [3.63, 3.8) is 0 Å². The number of benzene rings is 2. The minimum atomic E-state index is -0.656. The summed E-state index contributed by atoms with van der Waals surface area (Å²) in [5.74, 6) is -1.29. The van der Waals surface area contributed by atoms with Gasteiger partial charge in [0.1, 0.15) is 6.04 Å². The van der Waals surface area contributed by atoms with E-state index < -0.39 is 11.8 Å². The molecule has 2 rings (SSSR count). The van der Waals surface area contributed by atoms with Crippen LogP contribution in [-0.2, 0) is 9.59 Å². The summed E-state index contributed by atoms with van der Waals surface area (Å²) in [6.07, 6.45) is 0. The van der Waals surface area contributed by atoms with Gasteiger partial charge in [-0.15, -0.1) is 0 Å². The molecule has 2 aromatic rings. The van der Waals surface area contributed by atoms with Crippen molar-refractivity contribution in [2.24, 2.45) is 0 Å². The Morgan fingerprint density at radius 2 is 1.70 bits per heavy atom. The third-order valence-electron chi connectivity index (χ3n) is 4.46. The zero-order valence-corrected chi connectivity index (χ0v) is 16.7. The van der Waals surface area contributed by atoms with Gasteiger partial charge in [0.25, 0.3) is 0 Å². The van der Waals surface area contributed by atoms with Crippen LogP contribution in [0.4, 0.5) is 11.4 Å². The smallest absolute Gasteiger partial charge is 0.313 e. The topological polar surface area (TPSA) is 65.9 Å². The fraction of sp³-hybridized carbons (Fsp3) is 0.333. The van der Waals surface area contributed by atoms with Crippen molar-refractivity contribution in [3.8, 4) is 0 Å². The van der Waals surface area contributed by atoms with E-state index in [1.165, 1.54) is 4.90 Å². The van der Waals surface area contributed by atoms with E-state index in [9.17, 15) is 9.59 Å². The molecule has 0 heterocycles. The van der Waals surface area contributed by atoms with E-state index in [1.807, 2.05) is 58.2 Å². The predicted octanol–water partition coefficient (Wildman–Crippen LogP) is 1.00. The highest BCUT2D eigenvalue weighted by Gasteiger charge is 2.21. The van der Waals surface area contributed by atoms with Crippen molar-refractivity contribution >= 4 is 23.2 Å². The fourth-order valence-corrected chi connectivity index (χ4v) is 2.85. The highest BCUT2D eigenvalue weighted by Crippen LogP contribution is 2.16. The van der Waals surface area contributed by atoms with E-state index in [2.05, 4.69) is 34.9 Å². The Morgan fingerprint density at radius 3 is 2.26 bits per heavy atom. The van der Waals surface area contributed by atoms with Gasteiger partial charge in [-0.3, -0.25) is 9.59 Å². The van der Waals surface area contributed by atoms with Gasteiger partial charge in [0.05, 0.1) is 20.6 Å². The summed E-state index contributed by atoms with van der Waals surface area (Å²) in [4.78, 5) is 27.5. The average molecular weight is 369 g/mol. The number of likely N-dealkylation sites (N-methyl/N-ethyl adjacent to an activating group) is 1. The molecule has 6 nitrogen and oxygen atoms in total. The maximum atomic E-state index is 12.2. The van der Waals surface area contributed by atoms with Crippen LogP contribution in [0.2, 0.25) is 0 Å². The molecule has 0 saturated heterocycles. The van der Waals surface area contributed by atoms with E-state index in [4.69, 9.17) is 0 Å². The van der Waals surface area contributed by atoms with Gasteiger partial charge in [0.15, 0.2) is 0 Å². The van der Waals surface area contributed by atoms with E-state index in [1.54, 1.807) is 6.07 Å². The second-order valence-corrected chi connectivity index (χ2v) is 7.15. The number of hydrogen-bond acceptors (Lipinski definition) is 3. The Labute approximate surface area is 161 Å². The first-order valence-corrected chi connectivity index (χ1v) is 9.01. The molecule has 0 unspecified atom stereocenters. The van der Waals surface area contributed by atoms with Gasteiger partial charge >= 0.3 is 11.8 Å². The van der Waals surface area contributed by atoms with Crippen molar-refractivity contribution in [3.05, 3.63) is 59.7 Å². The van der Waals surface area contributed by atoms with Crippen LogP contribution in [0.3, 0.4) is 0 Å². The summed E-state index contributed by atoms with van der Waals surface area (Å²) < 4.78 is 0. The quantitative estimate of drug-likeness (QED) is 0.666. The number of carbonyl (C=O) groups excluding carboxylic acids is 2. The first-order valence-electron chi connectivity index (χ1n) is 9.01. The third kappa shape index (κ3) is 5.82. The first kappa shape index (κ1) is 20.5. The Morgan fingerprint density at radius 1 is 1.04 bits per heavy atom. The molecule has 0 fully saturated rings. The van der Waals surface area contributed by atoms with Crippen LogP contribution in [0, 0.1) is 6.92 Å². The molecule has 2 aromatic carbocycles. The molecule has 6 heteroatoms. The molecular formula is C21H29N4O2+. The Kier molecular flexibility index (Phi) is 6.96. The highest BCUT2D eigenvalue weighted by atomic mass is 16.2. The van der Waals surface area contributed by atoms with Crippen molar-refractivity contribution < 1.29 is 14.5 Å². The largest absolute Gasteiger partial charge is 0.378 e. The summed E-state index contributed by atoms with van der Waals surface area (Å²) in [6, 6.07) is 15.6. The summed E-state index contributed by atoms with van der Waals surface area (Å²) in [6.45, 7) is 2.31. The number of hydrogen-bond donors (Lipinski definition) is 3. The van der Waals surface area contributed by atoms with Crippen LogP contribution in [-0.4, -0.2) is 46.5 Å². The zero-order valence-electron chi connectivity index (χ0n) is 16.7. The number of nitrogens with one attached hydrogen (secondary N) is 3. The SMILES string of the molecule is Cc1cccc(NC(=O)C(=O)NC[C@H](c2ccc(N(C)C)cc2)[NH+](C)C)c1. The second-order valence-electron chi connectivity index (χ2n) is 7.15. The normalized spacial score (nSPS) is 11.8. The summed E-state index contributed by atoms with van der Waals surface area (Å²) >= 11 is 0. The Bertz CT molecular complexity index is 785. The molecule has 0 saturated carbocycles. The lowest BCUT2D eigenvalue weighted by Gasteiger charge is -2.23. The van der Waals surface area contributed by atoms with Crippen molar-refractivity contribution in [1.29, 1.82) is 0 Å². The lowest BCUT2D eigenvalue weighted by Crippen LogP contribution is -3.07. The maximum absolute atomic E-state index is 12.2. The average Bonchev–Trinajstić information content (AvgIpc) is 2.61. The molecular weight excluding hydrogens is 340 g/mol.